The molecule has 4 aliphatic rings. The first-order valence-electron chi connectivity index (χ1n) is 11.3. The van der Waals surface area contributed by atoms with E-state index in [-0.39, 0.29) is 22.9 Å². The number of nitrogen functional groups attached to an aromatic ring is 1. The van der Waals surface area contributed by atoms with E-state index in [1.807, 2.05) is 6.07 Å². The van der Waals surface area contributed by atoms with Crippen molar-refractivity contribution in [3.63, 3.8) is 0 Å². The molecule has 5 nitrogen and oxygen atoms in total. The molecule has 2 unspecified atom stereocenters. The molecule has 0 amide bonds. The fourth-order valence-electron chi connectivity index (χ4n) is 7.50. The van der Waals surface area contributed by atoms with E-state index in [9.17, 15) is 10.1 Å². The number of ether oxygens (including phenoxy) is 1. The molecule has 5 rings (SSSR count). The summed E-state index contributed by atoms with van der Waals surface area (Å²) in [7, 11) is 0. The SMILES string of the molecule is CC(=O)O[C@H]1CC[C@@]2(C)C(=CCC3C2CC[C@]2(C)c4nc(N)c(C#N)cc4C[C@@H]32)C1. The van der Waals surface area contributed by atoms with Gasteiger partial charge in [0.2, 0.25) is 0 Å². The molecule has 0 aromatic carbocycles. The van der Waals surface area contributed by atoms with Crippen LogP contribution in [0.25, 0.3) is 0 Å². The highest BCUT2D eigenvalue weighted by Gasteiger charge is 2.58. The van der Waals surface area contributed by atoms with Crippen molar-refractivity contribution in [1.82, 2.24) is 4.98 Å². The van der Waals surface area contributed by atoms with Gasteiger partial charge in [-0.3, -0.25) is 4.79 Å². The van der Waals surface area contributed by atoms with Crippen molar-refractivity contribution in [1.29, 1.82) is 5.26 Å². The summed E-state index contributed by atoms with van der Waals surface area (Å²) in [6, 6.07) is 4.20. The van der Waals surface area contributed by atoms with Crippen LogP contribution >= 0.6 is 0 Å². The predicted molar refractivity (Wildman–Crippen MR) is 114 cm³/mol. The summed E-state index contributed by atoms with van der Waals surface area (Å²) in [5.74, 6) is 2.05. The van der Waals surface area contributed by atoms with Crippen LogP contribution in [0.2, 0.25) is 0 Å². The van der Waals surface area contributed by atoms with Crippen molar-refractivity contribution < 1.29 is 9.53 Å². The summed E-state index contributed by atoms with van der Waals surface area (Å²) in [5.41, 5.74) is 10.7. The maximum atomic E-state index is 11.4. The number of carbonyl (C=O) groups is 1. The van der Waals surface area contributed by atoms with Gasteiger partial charge in [0.1, 0.15) is 18.0 Å². The summed E-state index contributed by atoms with van der Waals surface area (Å²) < 4.78 is 5.56. The van der Waals surface area contributed by atoms with Crippen LogP contribution in [0, 0.1) is 34.5 Å². The van der Waals surface area contributed by atoms with Crippen LogP contribution < -0.4 is 5.73 Å². The molecule has 0 bridgehead atoms. The number of aromatic nitrogens is 1. The van der Waals surface area contributed by atoms with Crippen LogP contribution in [0.3, 0.4) is 0 Å². The number of anilines is 1. The zero-order valence-corrected chi connectivity index (χ0v) is 18.2. The Labute approximate surface area is 178 Å². The fraction of sp³-hybridized carbons (Fsp3) is 0.640. The minimum absolute atomic E-state index is 0.0412. The number of esters is 1. The quantitative estimate of drug-likeness (QED) is 0.551. The fourth-order valence-corrected chi connectivity index (χ4v) is 7.50. The average Bonchev–Trinajstić information content (AvgIpc) is 2.99. The number of allylic oxidation sites excluding steroid dienone is 1. The Morgan fingerprint density at radius 1 is 1.23 bits per heavy atom. The third kappa shape index (κ3) is 2.65. The molecule has 6 atom stereocenters. The van der Waals surface area contributed by atoms with Crippen molar-refractivity contribution in [3.8, 4) is 6.07 Å². The summed E-state index contributed by atoms with van der Waals surface area (Å²) in [6.45, 7) is 6.34. The van der Waals surface area contributed by atoms with Gasteiger partial charge in [0.15, 0.2) is 0 Å². The number of carbonyl (C=O) groups excluding carboxylic acids is 1. The van der Waals surface area contributed by atoms with Crippen LogP contribution in [0.1, 0.15) is 76.1 Å². The topological polar surface area (TPSA) is 89.0 Å². The second kappa shape index (κ2) is 6.57. The minimum atomic E-state index is -0.168. The van der Waals surface area contributed by atoms with Crippen molar-refractivity contribution in [3.05, 3.63) is 34.5 Å². The van der Waals surface area contributed by atoms with E-state index in [0.29, 0.717) is 29.1 Å². The predicted octanol–water partition coefficient (Wildman–Crippen LogP) is 4.44. The van der Waals surface area contributed by atoms with Gasteiger partial charge < -0.3 is 10.5 Å². The first kappa shape index (κ1) is 19.6. The Kier molecular flexibility index (Phi) is 4.29. The number of hydrogen-bond donors (Lipinski definition) is 1. The Balaban J connectivity index is 1.47. The van der Waals surface area contributed by atoms with Crippen LogP contribution in [-0.4, -0.2) is 17.1 Å². The Morgan fingerprint density at radius 2 is 2.00 bits per heavy atom. The minimum Gasteiger partial charge on any atom is -0.462 e. The zero-order chi connectivity index (χ0) is 21.3. The monoisotopic (exact) mass is 405 g/mol. The first-order chi connectivity index (χ1) is 14.3. The van der Waals surface area contributed by atoms with Gasteiger partial charge in [0.25, 0.3) is 0 Å². The van der Waals surface area contributed by atoms with Crippen molar-refractivity contribution in [2.75, 3.05) is 5.73 Å². The number of pyridine rings is 1. The van der Waals surface area contributed by atoms with Gasteiger partial charge in [-0.25, -0.2) is 4.98 Å². The molecule has 0 spiro atoms. The summed E-state index contributed by atoms with van der Waals surface area (Å²) in [4.78, 5) is 16.2. The Bertz CT molecular complexity index is 993. The lowest BCUT2D eigenvalue weighted by Gasteiger charge is -2.57. The highest BCUT2D eigenvalue weighted by molar-refractivity contribution is 5.66. The molecule has 2 N–H and O–H groups in total. The third-order valence-corrected chi connectivity index (χ3v) is 9.01. The number of fused-ring (bicyclic) bond motifs is 7. The molecule has 30 heavy (non-hydrogen) atoms. The van der Waals surface area contributed by atoms with Crippen molar-refractivity contribution in [2.24, 2.45) is 23.2 Å². The molecule has 0 radical (unpaired) electrons. The maximum absolute atomic E-state index is 11.4. The number of hydrogen-bond acceptors (Lipinski definition) is 5. The highest BCUT2D eigenvalue weighted by atomic mass is 16.5. The Hall–Kier alpha value is -2.35. The molecule has 5 heteroatoms. The van der Waals surface area contributed by atoms with Gasteiger partial charge in [0.05, 0.1) is 11.3 Å². The van der Waals surface area contributed by atoms with Crippen LogP contribution in [0.15, 0.2) is 17.7 Å². The van der Waals surface area contributed by atoms with Gasteiger partial charge in [-0.1, -0.05) is 25.5 Å². The lowest BCUT2D eigenvalue weighted by molar-refractivity contribution is -0.148. The van der Waals surface area contributed by atoms with Gasteiger partial charge in [-0.2, -0.15) is 5.26 Å². The summed E-state index contributed by atoms with van der Waals surface area (Å²) in [6.07, 6.45) is 9.88. The molecular formula is C25H31N3O2. The van der Waals surface area contributed by atoms with Gasteiger partial charge >= 0.3 is 5.97 Å². The second-order valence-electron chi connectivity index (χ2n) is 10.4. The van der Waals surface area contributed by atoms with E-state index in [4.69, 9.17) is 15.5 Å². The summed E-state index contributed by atoms with van der Waals surface area (Å²) >= 11 is 0. The molecule has 0 saturated heterocycles. The zero-order valence-electron chi connectivity index (χ0n) is 18.2. The molecule has 4 aliphatic carbocycles. The number of nitriles is 1. The van der Waals surface area contributed by atoms with Gasteiger partial charge in [-0.15, -0.1) is 0 Å². The second-order valence-corrected chi connectivity index (χ2v) is 10.4. The van der Waals surface area contributed by atoms with E-state index < -0.39 is 0 Å². The summed E-state index contributed by atoms with van der Waals surface area (Å²) in [5, 5.41) is 9.39. The standard InChI is InChI=1S/C25H31N3O2/c1-14(29)30-18-6-8-24(2)17(12-18)4-5-19-20(24)7-9-25(3)21(19)11-15-10-16(13-26)23(27)28-22(15)25/h4,10,18-21H,5-9,11-12H2,1-3H3,(H2,27,28)/t18-,19?,20?,21-,24-,25-/m0/s1. The van der Waals surface area contributed by atoms with E-state index in [0.717, 1.165) is 44.2 Å². The van der Waals surface area contributed by atoms with Crippen LogP contribution in [-0.2, 0) is 21.4 Å². The lowest BCUT2D eigenvalue weighted by atomic mass is 9.48. The van der Waals surface area contributed by atoms with E-state index >= 15 is 0 Å². The van der Waals surface area contributed by atoms with Crippen molar-refractivity contribution in [2.45, 2.75) is 77.2 Å². The molecule has 2 fully saturated rings. The largest absolute Gasteiger partial charge is 0.462 e. The maximum Gasteiger partial charge on any atom is 0.302 e. The number of rotatable bonds is 1. The molecular weight excluding hydrogens is 374 g/mol. The number of nitrogens with two attached hydrogens (primary N) is 1. The first-order valence-corrected chi connectivity index (χ1v) is 11.3. The molecule has 0 aliphatic heterocycles. The third-order valence-electron chi connectivity index (χ3n) is 9.01. The van der Waals surface area contributed by atoms with Gasteiger partial charge in [0, 0.05) is 18.8 Å². The van der Waals surface area contributed by atoms with Crippen LogP contribution in [0.4, 0.5) is 5.82 Å². The van der Waals surface area contributed by atoms with Gasteiger partial charge in [-0.05, 0) is 73.3 Å². The molecule has 1 aromatic heterocycles. The van der Waals surface area contributed by atoms with E-state index in [1.165, 1.54) is 24.5 Å². The molecule has 1 aromatic rings. The molecule has 158 valence electrons. The average molecular weight is 406 g/mol. The lowest BCUT2D eigenvalue weighted by Crippen LogP contribution is -2.51. The molecule has 2 saturated carbocycles. The van der Waals surface area contributed by atoms with E-state index in [1.54, 1.807) is 0 Å². The smallest absolute Gasteiger partial charge is 0.302 e. The van der Waals surface area contributed by atoms with E-state index in [2.05, 4.69) is 26.0 Å². The normalized spacial score (nSPS) is 38.9. The molecule has 1 heterocycles. The van der Waals surface area contributed by atoms with Crippen LogP contribution in [0.5, 0.6) is 0 Å². The van der Waals surface area contributed by atoms with Crippen molar-refractivity contribution >= 4 is 11.8 Å². The Morgan fingerprint density at radius 3 is 2.73 bits per heavy atom. The highest BCUT2D eigenvalue weighted by Crippen LogP contribution is 2.64. The number of nitrogens with zero attached hydrogens (tertiary/aromatic N) is 2.